The van der Waals surface area contributed by atoms with Crippen molar-refractivity contribution in [2.75, 3.05) is 13.1 Å². The fourth-order valence-electron chi connectivity index (χ4n) is 1.70. The summed E-state index contributed by atoms with van der Waals surface area (Å²) >= 11 is 10.4. The number of halogens is 2. The lowest BCUT2D eigenvalue weighted by atomic mass is 10.2. The second-order valence-corrected chi connectivity index (χ2v) is 9.75. The normalized spacial score (nSPS) is 11.4. The number of thiophene rings is 1. The summed E-state index contributed by atoms with van der Waals surface area (Å²) in [5, 5.41) is 14.1. The van der Waals surface area contributed by atoms with Crippen LogP contribution < -0.4 is 5.32 Å². The minimum absolute atomic E-state index is 0.706. The summed E-state index contributed by atoms with van der Waals surface area (Å²) in [6.07, 6.45) is 2.10. The molecule has 0 aliphatic heterocycles. The van der Waals surface area contributed by atoms with Crippen molar-refractivity contribution < 1.29 is 0 Å². The highest BCUT2D eigenvalue weighted by Gasteiger charge is 2.12. The van der Waals surface area contributed by atoms with E-state index in [9.17, 15) is 0 Å². The maximum atomic E-state index is 4.29. The van der Waals surface area contributed by atoms with Gasteiger partial charge in [0.15, 0.2) is 0 Å². The monoisotopic (exact) mass is 437 g/mol. The Hall–Kier alpha value is 0.180. The predicted molar refractivity (Wildman–Crippen MR) is 94.7 cm³/mol. The van der Waals surface area contributed by atoms with E-state index in [4.69, 9.17) is 0 Å². The van der Waals surface area contributed by atoms with Crippen LogP contribution in [0.3, 0.4) is 0 Å². The molecule has 110 valence electrons. The van der Waals surface area contributed by atoms with Crippen molar-refractivity contribution in [1.82, 2.24) is 15.5 Å². The average molecular weight is 439 g/mol. The summed E-state index contributed by atoms with van der Waals surface area (Å²) in [4.78, 5) is 0. The Kier molecular flexibility index (Phi) is 6.61. The van der Waals surface area contributed by atoms with Crippen LogP contribution >= 0.6 is 54.5 Å². The van der Waals surface area contributed by atoms with Gasteiger partial charge in [0.1, 0.15) is 10.0 Å². The molecule has 0 spiro atoms. The van der Waals surface area contributed by atoms with Crippen molar-refractivity contribution in [2.45, 2.75) is 26.7 Å². The Morgan fingerprint density at radius 1 is 1.25 bits per heavy atom. The molecule has 0 saturated heterocycles. The summed E-state index contributed by atoms with van der Waals surface area (Å²) in [5.41, 5.74) is 1.13. The average Bonchev–Trinajstić information content (AvgIpc) is 2.95. The Balaban J connectivity index is 1.85. The molecular weight excluding hydrogens is 422 g/mol. The molecular formula is C13H17Br2N3S2. The number of nitrogens with zero attached hydrogens (tertiary/aromatic N) is 2. The van der Waals surface area contributed by atoms with E-state index in [2.05, 4.69) is 67.3 Å². The minimum Gasteiger partial charge on any atom is -0.316 e. The van der Waals surface area contributed by atoms with Crippen molar-refractivity contribution in [2.24, 2.45) is 5.92 Å². The molecule has 0 radical (unpaired) electrons. The van der Waals surface area contributed by atoms with Crippen LogP contribution in [0.1, 0.15) is 25.3 Å². The van der Waals surface area contributed by atoms with Crippen LogP contribution in [0.4, 0.5) is 0 Å². The van der Waals surface area contributed by atoms with Crippen LogP contribution in [0, 0.1) is 5.92 Å². The molecule has 0 unspecified atom stereocenters. The molecule has 0 bridgehead atoms. The fourth-order valence-corrected chi connectivity index (χ4v) is 5.61. The highest BCUT2D eigenvalue weighted by Crippen LogP contribution is 2.39. The molecule has 7 heteroatoms. The molecule has 3 nitrogen and oxygen atoms in total. The van der Waals surface area contributed by atoms with Gasteiger partial charge in [-0.3, -0.25) is 0 Å². The van der Waals surface area contributed by atoms with Gasteiger partial charge in [-0.05, 0) is 63.4 Å². The predicted octanol–water partition coefficient (Wildman–Crippen LogP) is 4.97. The van der Waals surface area contributed by atoms with Crippen molar-refractivity contribution in [3.63, 3.8) is 0 Å². The highest BCUT2D eigenvalue weighted by atomic mass is 79.9. The second-order valence-electron chi connectivity index (χ2n) is 4.94. The molecule has 0 saturated carbocycles. The molecule has 2 heterocycles. The van der Waals surface area contributed by atoms with Crippen LogP contribution in [0.15, 0.2) is 13.6 Å². The number of rotatable bonds is 7. The quantitative estimate of drug-likeness (QED) is 0.620. The number of aryl methyl sites for hydroxylation is 1. The third kappa shape index (κ3) is 4.87. The molecule has 2 aromatic rings. The summed E-state index contributed by atoms with van der Waals surface area (Å²) in [5.74, 6) is 0.706. The Morgan fingerprint density at radius 3 is 2.70 bits per heavy atom. The number of hydrogen-bond donors (Lipinski definition) is 1. The first kappa shape index (κ1) is 16.5. The minimum atomic E-state index is 0.706. The van der Waals surface area contributed by atoms with E-state index in [-0.39, 0.29) is 0 Å². The van der Waals surface area contributed by atoms with Crippen LogP contribution in [0.2, 0.25) is 0 Å². The van der Waals surface area contributed by atoms with Gasteiger partial charge in [-0.1, -0.05) is 25.2 Å². The van der Waals surface area contributed by atoms with E-state index in [1.165, 1.54) is 0 Å². The molecule has 0 aliphatic rings. The number of aromatic nitrogens is 2. The molecule has 20 heavy (non-hydrogen) atoms. The van der Waals surface area contributed by atoms with Gasteiger partial charge in [-0.15, -0.1) is 21.5 Å². The van der Waals surface area contributed by atoms with Gasteiger partial charge in [0.25, 0.3) is 0 Å². The van der Waals surface area contributed by atoms with Crippen molar-refractivity contribution in [3.8, 4) is 10.6 Å². The summed E-state index contributed by atoms with van der Waals surface area (Å²) in [6.45, 7) is 6.57. The molecule has 2 rings (SSSR count). The Bertz CT molecular complexity index is 552. The van der Waals surface area contributed by atoms with Crippen LogP contribution in [0.25, 0.3) is 10.6 Å². The lowest BCUT2D eigenvalue weighted by molar-refractivity contribution is 0.542. The largest absolute Gasteiger partial charge is 0.316 e. The Labute approximate surface area is 144 Å². The van der Waals surface area contributed by atoms with E-state index in [0.29, 0.717) is 5.92 Å². The van der Waals surface area contributed by atoms with E-state index in [0.717, 1.165) is 49.1 Å². The standard InChI is InChI=1S/C13H17Br2N3S2/c1-8(2)7-16-5-3-4-11-17-18-13(20-11)9-6-10(14)19-12(9)15/h6,8,16H,3-5,7H2,1-2H3. The van der Waals surface area contributed by atoms with Gasteiger partial charge in [0, 0.05) is 12.0 Å². The zero-order valence-electron chi connectivity index (χ0n) is 11.4. The van der Waals surface area contributed by atoms with Crippen molar-refractivity contribution in [3.05, 3.63) is 18.6 Å². The highest BCUT2D eigenvalue weighted by molar-refractivity contribution is 9.12. The van der Waals surface area contributed by atoms with E-state index >= 15 is 0 Å². The van der Waals surface area contributed by atoms with Gasteiger partial charge in [-0.25, -0.2) is 0 Å². The molecule has 0 atom stereocenters. The van der Waals surface area contributed by atoms with Gasteiger partial charge in [0.2, 0.25) is 0 Å². The molecule has 2 aromatic heterocycles. The first-order chi connectivity index (χ1) is 9.56. The third-order valence-electron chi connectivity index (χ3n) is 2.65. The summed E-state index contributed by atoms with van der Waals surface area (Å²) in [6, 6.07) is 2.09. The SMILES string of the molecule is CC(C)CNCCCc1nnc(-c2cc(Br)sc2Br)s1. The topological polar surface area (TPSA) is 37.8 Å². The third-order valence-corrected chi connectivity index (χ3v) is 6.01. The van der Waals surface area contributed by atoms with E-state index in [1.807, 2.05) is 0 Å². The van der Waals surface area contributed by atoms with Crippen LogP contribution in [-0.2, 0) is 6.42 Å². The first-order valence-electron chi connectivity index (χ1n) is 6.54. The number of nitrogens with one attached hydrogen (secondary N) is 1. The zero-order chi connectivity index (χ0) is 14.5. The molecule has 0 aliphatic carbocycles. The van der Waals surface area contributed by atoms with Gasteiger partial charge >= 0.3 is 0 Å². The maximum Gasteiger partial charge on any atom is 0.149 e. The second kappa shape index (κ2) is 7.98. The molecule has 1 N–H and O–H groups in total. The molecule has 0 amide bonds. The van der Waals surface area contributed by atoms with Gasteiger partial charge < -0.3 is 5.32 Å². The van der Waals surface area contributed by atoms with Crippen LogP contribution in [-0.4, -0.2) is 23.3 Å². The van der Waals surface area contributed by atoms with E-state index in [1.54, 1.807) is 22.7 Å². The molecule has 0 fully saturated rings. The lowest BCUT2D eigenvalue weighted by Crippen LogP contribution is -2.21. The van der Waals surface area contributed by atoms with Gasteiger partial charge in [-0.2, -0.15) is 0 Å². The number of hydrogen-bond acceptors (Lipinski definition) is 5. The summed E-state index contributed by atoms with van der Waals surface area (Å²) in [7, 11) is 0. The van der Waals surface area contributed by atoms with Crippen molar-refractivity contribution in [1.29, 1.82) is 0 Å². The fraction of sp³-hybridized carbons (Fsp3) is 0.538. The lowest BCUT2D eigenvalue weighted by Gasteiger charge is -2.05. The Morgan fingerprint density at radius 2 is 2.05 bits per heavy atom. The van der Waals surface area contributed by atoms with Gasteiger partial charge in [0.05, 0.1) is 7.57 Å². The van der Waals surface area contributed by atoms with E-state index < -0.39 is 0 Å². The van der Waals surface area contributed by atoms with Crippen molar-refractivity contribution >= 4 is 54.5 Å². The van der Waals surface area contributed by atoms with Crippen LogP contribution in [0.5, 0.6) is 0 Å². The smallest absolute Gasteiger partial charge is 0.149 e. The zero-order valence-corrected chi connectivity index (χ0v) is 16.3. The first-order valence-corrected chi connectivity index (χ1v) is 9.76. The maximum absolute atomic E-state index is 4.29. The molecule has 0 aromatic carbocycles. The summed E-state index contributed by atoms with van der Waals surface area (Å²) < 4.78 is 2.21.